The molecule has 1 aliphatic rings. The molecule has 178 valence electrons. The second kappa shape index (κ2) is 10.4. The van der Waals surface area contributed by atoms with Crippen molar-refractivity contribution in [2.75, 3.05) is 13.2 Å². The van der Waals surface area contributed by atoms with Gasteiger partial charge in [-0.05, 0) is 38.8 Å². The highest BCUT2D eigenvalue weighted by Crippen LogP contribution is 2.35. The molecular formula is C26H34N2O5. The number of carbonyl (C=O) groups excluding carboxylic acids is 1. The maximum Gasteiger partial charge on any atom is 0.413 e. The van der Waals surface area contributed by atoms with Crippen molar-refractivity contribution in [3.8, 4) is 0 Å². The fourth-order valence-corrected chi connectivity index (χ4v) is 4.28. The molecule has 7 heteroatoms. The van der Waals surface area contributed by atoms with Gasteiger partial charge in [0.15, 0.2) is 0 Å². The van der Waals surface area contributed by atoms with E-state index in [1.807, 2.05) is 74.5 Å². The summed E-state index contributed by atoms with van der Waals surface area (Å²) in [6.07, 6.45) is -1.75. The van der Waals surface area contributed by atoms with Crippen molar-refractivity contribution < 1.29 is 24.2 Å². The number of benzene rings is 2. The first kappa shape index (κ1) is 24.7. The van der Waals surface area contributed by atoms with Gasteiger partial charge in [-0.25, -0.2) is 9.59 Å². The number of hydrogen-bond acceptors (Lipinski definition) is 5. The number of carboxylic acid groups (broad SMARTS) is 1. The molecule has 0 aromatic heterocycles. The molecule has 1 heterocycles. The lowest BCUT2D eigenvalue weighted by atomic mass is 10.0. The Bertz CT molecular complexity index is 873. The summed E-state index contributed by atoms with van der Waals surface area (Å²) in [5, 5.41) is 9.77. The molecule has 33 heavy (non-hydrogen) atoms. The highest BCUT2D eigenvalue weighted by molar-refractivity contribution is 5.78. The first-order valence-corrected chi connectivity index (χ1v) is 11.3. The second-order valence-corrected chi connectivity index (χ2v) is 9.56. The predicted molar refractivity (Wildman–Crippen MR) is 125 cm³/mol. The smallest absolute Gasteiger partial charge is 0.413 e. The summed E-state index contributed by atoms with van der Waals surface area (Å²) in [5.74, 6) is -1.15. The maximum absolute atomic E-state index is 13.0. The number of nitrogens with zero attached hydrogens (tertiary/aromatic N) is 2. The summed E-state index contributed by atoms with van der Waals surface area (Å²) in [7, 11) is 0. The van der Waals surface area contributed by atoms with E-state index in [1.165, 1.54) is 4.90 Å². The monoisotopic (exact) mass is 454 g/mol. The zero-order valence-electron chi connectivity index (χ0n) is 19.9. The number of rotatable bonds is 9. The van der Waals surface area contributed by atoms with Crippen LogP contribution in [-0.4, -0.2) is 57.5 Å². The molecule has 0 radical (unpaired) electrons. The fraction of sp³-hybridized carbons (Fsp3) is 0.462. The molecule has 2 aromatic rings. The van der Waals surface area contributed by atoms with Gasteiger partial charge in [-0.3, -0.25) is 9.80 Å². The third kappa shape index (κ3) is 6.55. The summed E-state index contributed by atoms with van der Waals surface area (Å²) in [6.45, 7) is 9.44. The molecule has 1 atom stereocenters. The van der Waals surface area contributed by atoms with Gasteiger partial charge in [-0.1, -0.05) is 60.7 Å². The number of aliphatic carboxylic acids is 1. The lowest BCUT2D eigenvalue weighted by Crippen LogP contribution is -2.54. The Morgan fingerprint density at radius 3 is 1.94 bits per heavy atom. The highest BCUT2D eigenvalue weighted by Gasteiger charge is 2.50. The predicted octanol–water partition coefficient (Wildman–Crippen LogP) is 4.52. The molecule has 1 saturated heterocycles. The van der Waals surface area contributed by atoms with Gasteiger partial charge in [-0.15, -0.1) is 0 Å². The van der Waals surface area contributed by atoms with Crippen molar-refractivity contribution in [3.63, 3.8) is 0 Å². The Balaban J connectivity index is 1.69. The third-order valence-corrected chi connectivity index (χ3v) is 5.83. The minimum Gasteiger partial charge on any atom is -0.479 e. The molecular weight excluding hydrogens is 420 g/mol. The lowest BCUT2D eigenvalue weighted by Gasteiger charge is -2.37. The quantitative estimate of drug-likeness (QED) is 0.600. The van der Waals surface area contributed by atoms with Gasteiger partial charge in [0.05, 0.1) is 12.1 Å². The van der Waals surface area contributed by atoms with E-state index >= 15 is 0 Å². The molecule has 1 aliphatic heterocycles. The molecule has 2 aromatic carbocycles. The number of carboxylic acids is 1. The third-order valence-electron chi connectivity index (χ3n) is 5.83. The van der Waals surface area contributed by atoms with E-state index < -0.39 is 29.4 Å². The molecule has 0 spiro atoms. The van der Waals surface area contributed by atoms with Crippen LogP contribution in [0.5, 0.6) is 0 Å². The molecule has 7 nitrogen and oxygen atoms in total. The topological polar surface area (TPSA) is 79.3 Å². The Morgan fingerprint density at radius 2 is 1.52 bits per heavy atom. The van der Waals surface area contributed by atoms with E-state index in [0.717, 1.165) is 11.1 Å². The van der Waals surface area contributed by atoms with Crippen molar-refractivity contribution in [1.29, 1.82) is 0 Å². The number of hydrogen-bond donors (Lipinski definition) is 1. The van der Waals surface area contributed by atoms with Crippen molar-refractivity contribution in [2.24, 2.45) is 0 Å². The Hall–Kier alpha value is -2.90. The van der Waals surface area contributed by atoms with E-state index in [2.05, 4.69) is 4.90 Å². The molecule has 0 unspecified atom stereocenters. The standard InChI is InChI=1S/C26H34N2O5/c1-25(2)19-32-26(3,4)28(25)24(31)33-22(23(29)30)15-16-27(17-20-11-7-5-8-12-20)18-21-13-9-6-10-14-21/h5-14,22H,15-19H2,1-4H3,(H,29,30)/t22-/m1/s1. The molecule has 1 N–H and O–H groups in total. The van der Waals surface area contributed by atoms with Gasteiger partial charge >= 0.3 is 12.1 Å². The normalized spacial score (nSPS) is 17.7. The Labute approximate surface area is 195 Å². The summed E-state index contributed by atoms with van der Waals surface area (Å²) < 4.78 is 11.2. The van der Waals surface area contributed by atoms with Crippen molar-refractivity contribution in [1.82, 2.24) is 9.80 Å². The summed E-state index contributed by atoms with van der Waals surface area (Å²) in [6, 6.07) is 20.1. The van der Waals surface area contributed by atoms with Crippen molar-refractivity contribution in [3.05, 3.63) is 71.8 Å². The van der Waals surface area contributed by atoms with E-state index in [-0.39, 0.29) is 6.42 Å². The van der Waals surface area contributed by atoms with Crippen LogP contribution < -0.4 is 0 Å². The van der Waals surface area contributed by atoms with E-state index in [9.17, 15) is 14.7 Å². The number of amides is 1. The van der Waals surface area contributed by atoms with Crippen LogP contribution in [0.2, 0.25) is 0 Å². The van der Waals surface area contributed by atoms with Crippen LogP contribution in [0.3, 0.4) is 0 Å². The molecule has 0 saturated carbocycles. The highest BCUT2D eigenvalue weighted by atomic mass is 16.6. The molecule has 0 aliphatic carbocycles. The second-order valence-electron chi connectivity index (χ2n) is 9.56. The van der Waals surface area contributed by atoms with Gasteiger partial charge in [0.2, 0.25) is 6.10 Å². The van der Waals surface area contributed by atoms with E-state index in [1.54, 1.807) is 13.8 Å². The van der Waals surface area contributed by atoms with Crippen LogP contribution in [0.1, 0.15) is 45.2 Å². The van der Waals surface area contributed by atoms with Crippen LogP contribution in [0, 0.1) is 0 Å². The SMILES string of the molecule is CC1(C)COC(C)(C)N1C(=O)O[C@H](CCN(Cc1ccccc1)Cc1ccccc1)C(=O)O. The minimum absolute atomic E-state index is 0.177. The summed E-state index contributed by atoms with van der Waals surface area (Å²) in [4.78, 5) is 28.6. The Morgan fingerprint density at radius 1 is 1.00 bits per heavy atom. The van der Waals surface area contributed by atoms with Gasteiger partial charge in [0.1, 0.15) is 5.72 Å². The summed E-state index contributed by atoms with van der Waals surface area (Å²) >= 11 is 0. The van der Waals surface area contributed by atoms with Gasteiger partial charge < -0.3 is 14.6 Å². The van der Waals surface area contributed by atoms with Crippen LogP contribution >= 0.6 is 0 Å². The van der Waals surface area contributed by atoms with Crippen LogP contribution in [-0.2, 0) is 27.4 Å². The van der Waals surface area contributed by atoms with Gasteiger partial charge in [-0.2, -0.15) is 0 Å². The zero-order valence-corrected chi connectivity index (χ0v) is 19.9. The fourth-order valence-electron chi connectivity index (χ4n) is 4.28. The average Bonchev–Trinajstić information content (AvgIpc) is 2.99. The first-order valence-electron chi connectivity index (χ1n) is 11.3. The number of carbonyl (C=O) groups is 2. The lowest BCUT2D eigenvalue weighted by molar-refractivity contribution is -0.149. The van der Waals surface area contributed by atoms with Crippen molar-refractivity contribution in [2.45, 2.75) is 64.6 Å². The average molecular weight is 455 g/mol. The summed E-state index contributed by atoms with van der Waals surface area (Å²) in [5.41, 5.74) is 0.817. The Kier molecular flexibility index (Phi) is 7.76. The van der Waals surface area contributed by atoms with Crippen molar-refractivity contribution >= 4 is 12.1 Å². The van der Waals surface area contributed by atoms with Crippen LogP contribution in [0.4, 0.5) is 4.79 Å². The van der Waals surface area contributed by atoms with Crippen LogP contribution in [0.15, 0.2) is 60.7 Å². The van der Waals surface area contributed by atoms with E-state index in [4.69, 9.17) is 9.47 Å². The minimum atomic E-state index is -1.25. The van der Waals surface area contributed by atoms with Gasteiger partial charge in [0.25, 0.3) is 0 Å². The zero-order chi connectivity index (χ0) is 24.1. The van der Waals surface area contributed by atoms with E-state index in [0.29, 0.717) is 26.2 Å². The first-order chi connectivity index (χ1) is 15.6. The largest absolute Gasteiger partial charge is 0.479 e. The molecule has 1 amide bonds. The molecule has 3 rings (SSSR count). The maximum atomic E-state index is 13.0. The van der Waals surface area contributed by atoms with Crippen LogP contribution in [0.25, 0.3) is 0 Å². The number of ether oxygens (including phenoxy) is 2. The molecule has 1 fully saturated rings. The molecule has 0 bridgehead atoms. The van der Waals surface area contributed by atoms with Gasteiger partial charge in [0, 0.05) is 26.1 Å².